The van der Waals surface area contributed by atoms with Gasteiger partial charge in [0.05, 0.1) is 37.2 Å². The Morgan fingerprint density at radius 2 is 1.31 bits per heavy atom. The second kappa shape index (κ2) is 27.4. The maximum atomic E-state index is 14.6. The number of oxazole rings is 1. The number of nitrogens with zero attached hydrogens (tertiary/aromatic N) is 2. The van der Waals surface area contributed by atoms with Crippen molar-refractivity contribution in [2.45, 2.75) is 194 Å². The Kier molecular flexibility index (Phi) is 27.2. The summed E-state index contributed by atoms with van der Waals surface area (Å²) in [7, 11) is 0.206. The molecule has 1 N–H and O–H groups in total. The fourth-order valence-electron chi connectivity index (χ4n) is 8.24. The molecule has 0 aromatic carbocycles. The Morgan fingerprint density at radius 1 is 0.833 bits per heavy atom. The van der Waals surface area contributed by atoms with E-state index in [1.54, 1.807) is 7.11 Å². The van der Waals surface area contributed by atoms with Crippen LogP contribution < -0.4 is 17.7 Å². The van der Waals surface area contributed by atoms with Crippen molar-refractivity contribution in [3.05, 3.63) is 17.8 Å². The molecule has 0 saturated carbocycles. The largest absolute Gasteiger partial charge is 1.00 e. The van der Waals surface area contributed by atoms with Gasteiger partial charge in [0.15, 0.2) is 28.6 Å². The maximum absolute atomic E-state index is 14.6. The summed E-state index contributed by atoms with van der Waals surface area (Å²) in [6.45, 7) is 28.2. The minimum absolute atomic E-state index is 0. The predicted octanol–water partition coefficient (Wildman–Crippen LogP) is 8.34. The van der Waals surface area contributed by atoms with Gasteiger partial charge in [0.25, 0.3) is 5.91 Å². The molecule has 0 aliphatic carbocycles. The number of likely N-dealkylation sites (N-methyl/N-ethyl adjacent to an activating group) is 1. The van der Waals surface area contributed by atoms with Crippen LogP contribution in [-0.4, -0.2) is 104 Å². The molecule has 0 saturated heterocycles. The number of nitrogens with one attached hydrogen (secondary N) is 1. The van der Waals surface area contributed by atoms with Gasteiger partial charge in [0.1, 0.15) is 18.1 Å². The minimum Gasteiger partial charge on any atom is -1.00 e. The van der Waals surface area contributed by atoms with Crippen molar-refractivity contribution in [1.82, 2.24) is 15.2 Å². The van der Waals surface area contributed by atoms with Crippen molar-refractivity contribution in [2.75, 3.05) is 52.8 Å². The van der Waals surface area contributed by atoms with E-state index in [0.717, 1.165) is 48.3 Å². The zero-order chi connectivity index (χ0) is 40.2. The molecule has 0 radical (unpaired) electrons. The number of aromatic nitrogens is 1. The average Bonchev–Trinajstić information content (AvgIpc) is 3.61. The zero-order valence-electron chi connectivity index (χ0n) is 37.8. The molecule has 1 rings (SSSR count). The lowest BCUT2D eigenvalue weighted by Crippen LogP contribution is -3.00. The van der Waals surface area contributed by atoms with E-state index >= 15 is 0 Å². The molecule has 0 fully saturated rings. The second-order valence-electron chi connectivity index (χ2n) is 16.8. The molecular formula is C42H87ClN3O5PSi2. The Labute approximate surface area is 343 Å². The average molecular weight is 837 g/mol. The molecule has 4 atom stereocenters. The lowest BCUT2D eigenvalue weighted by molar-refractivity contribution is -0.136. The molecule has 12 heteroatoms. The third-order valence-electron chi connectivity index (χ3n) is 12.5. The standard InChI is InChI=1S/C42H86N3O5PSi2.ClH/c1-16-23-28-51(29-24-17-2,30-25-18-3)33-37-31-48-42(44-37)36(12)26-27-43-41(46)40(50-53(21-6,22-7)35(10)11)39(38(32-47-15)45(13)14)49-52(19-4,20-5)34(8)9;/h31,34-36,38-40H,16-30,32-33H2,1-15H3;1H/t36-,38-,39-,40-;/m1./s1. The van der Waals surface area contributed by atoms with Crippen LogP contribution >= 0.6 is 7.26 Å². The van der Waals surface area contributed by atoms with Crippen LogP contribution in [0.4, 0.5) is 0 Å². The molecule has 0 aliphatic heterocycles. The van der Waals surface area contributed by atoms with Gasteiger partial charge in [-0.15, -0.1) is 0 Å². The minimum atomic E-state index is -2.30. The number of hydrogen-bond acceptors (Lipinski definition) is 7. The monoisotopic (exact) mass is 836 g/mol. The van der Waals surface area contributed by atoms with Crippen LogP contribution in [0.3, 0.4) is 0 Å². The first-order chi connectivity index (χ1) is 25.1. The molecule has 1 aromatic rings. The first-order valence-electron chi connectivity index (χ1n) is 21.7. The summed E-state index contributed by atoms with van der Waals surface area (Å²) in [6.07, 6.45) is 14.4. The number of amides is 1. The second-order valence-corrected chi connectivity index (χ2v) is 31.1. The van der Waals surface area contributed by atoms with E-state index in [2.05, 4.69) is 107 Å². The quantitative estimate of drug-likeness (QED) is 0.0595. The summed E-state index contributed by atoms with van der Waals surface area (Å²) < 4.78 is 26.7. The van der Waals surface area contributed by atoms with Crippen molar-refractivity contribution < 1.29 is 35.2 Å². The summed E-state index contributed by atoms with van der Waals surface area (Å²) in [5.41, 5.74) is 1.90. The molecule has 320 valence electrons. The number of methoxy groups -OCH3 is 1. The highest BCUT2D eigenvalue weighted by atomic mass is 35.5. The Balaban J connectivity index is 0.0000281. The fraction of sp³-hybridized carbons (Fsp3) is 0.905. The van der Waals surface area contributed by atoms with E-state index < -0.39 is 36.1 Å². The summed E-state index contributed by atoms with van der Waals surface area (Å²) >= 11 is 0. The maximum Gasteiger partial charge on any atom is 0.250 e. The van der Waals surface area contributed by atoms with Crippen LogP contribution in [0.15, 0.2) is 10.7 Å². The fourth-order valence-corrected chi connectivity index (χ4v) is 20.2. The Hall–Kier alpha value is -0.326. The van der Waals surface area contributed by atoms with Gasteiger partial charge in [-0.1, -0.05) is 102 Å². The summed E-state index contributed by atoms with van der Waals surface area (Å²) in [4.78, 5) is 21.9. The van der Waals surface area contributed by atoms with Crippen LogP contribution in [0.5, 0.6) is 0 Å². The SMILES string of the molecule is CCCC[P+](CCCC)(CCCC)Cc1coc([C@H](C)CCNC(=O)[C@H](O[Si](CC)(CC)C(C)C)[C@H](O[Si](CC)(CC)C(C)C)[C@@H](COC)N(C)C)n1.[Cl-]. The van der Waals surface area contributed by atoms with E-state index in [1.165, 1.54) is 57.0 Å². The smallest absolute Gasteiger partial charge is 0.250 e. The molecule has 1 amide bonds. The van der Waals surface area contributed by atoms with Crippen molar-refractivity contribution in [1.29, 1.82) is 0 Å². The molecule has 8 nitrogen and oxygen atoms in total. The van der Waals surface area contributed by atoms with Crippen LogP contribution in [0.25, 0.3) is 0 Å². The highest BCUT2D eigenvalue weighted by Crippen LogP contribution is 2.63. The number of carbonyl (C=O) groups is 1. The number of halogens is 1. The first-order valence-corrected chi connectivity index (χ1v) is 29.0. The lowest BCUT2D eigenvalue weighted by Gasteiger charge is -2.46. The predicted molar refractivity (Wildman–Crippen MR) is 235 cm³/mol. The summed E-state index contributed by atoms with van der Waals surface area (Å²) in [5.74, 6) is 0.802. The summed E-state index contributed by atoms with van der Waals surface area (Å²) in [6, 6.07) is 3.74. The third kappa shape index (κ3) is 15.8. The first kappa shape index (κ1) is 53.7. The summed E-state index contributed by atoms with van der Waals surface area (Å²) in [5, 5.41) is 3.35. The van der Waals surface area contributed by atoms with Gasteiger partial charge in [-0.25, -0.2) is 4.98 Å². The van der Waals surface area contributed by atoms with Crippen LogP contribution in [-0.2, 0) is 24.5 Å². The van der Waals surface area contributed by atoms with Gasteiger partial charge >= 0.3 is 0 Å². The van der Waals surface area contributed by atoms with Gasteiger partial charge in [-0.2, -0.15) is 0 Å². The number of unbranched alkanes of at least 4 members (excludes halogenated alkanes) is 3. The molecule has 54 heavy (non-hydrogen) atoms. The van der Waals surface area contributed by atoms with Gasteiger partial charge in [0, 0.05) is 26.8 Å². The molecule has 0 spiro atoms. The van der Waals surface area contributed by atoms with Crippen LogP contribution in [0.1, 0.15) is 146 Å². The van der Waals surface area contributed by atoms with Crippen molar-refractivity contribution in [2.24, 2.45) is 0 Å². The highest BCUT2D eigenvalue weighted by Gasteiger charge is 2.49. The molecule has 1 aromatic heterocycles. The van der Waals surface area contributed by atoms with Gasteiger partial charge in [0.2, 0.25) is 0 Å². The van der Waals surface area contributed by atoms with Gasteiger partial charge in [-0.05, 0) is 75.0 Å². The number of rotatable bonds is 31. The van der Waals surface area contributed by atoms with E-state index in [9.17, 15) is 4.79 Å². The normalized spacial score (nSPS) is 15.1. The lowest BCUT2D eigenvalue weighted by atomic mass is 10.0. The molecule has 1 heterocycles. The molecule has 0 aliphatic rings. The Morgan fingerprint density at radius 3 is 1.72 bits per heavy atom. The van der Waals surface area contributed by atoms with Crippen molar-refractivity contribution in [3.63, 3.8) is 0 Å². The van der Waals surface area contributed by atoms with Crippen molar-refractivity contribution in [3.8, 4) is 0 Å². The molecule has 0 unspecified atom stereocenters. The number of hydrogen-bond donors (Lipinski definition) is 1. The zero-order valence-corrected chi connectivity index (χ0v) is 41.5. The van der Waals surface area contributed by atoms with E-state index in [-0.39, 0.29) is 30.3 Å². The van der Waals surface area contributed by atoms with Crippen LogP contribution in [0, 0.1) is 0 Å². The van der Waals surface area contributed by atoms with E-state index in [1.807, 2.05) is 6.26 Å². The third-order valence-corrected chi connectivity index (χ3v) is 27.7. The highest BCUT2D eigenvalue weighted by molar-refractivity contribution is 7.75. The van der Waals surface area contributed by atoms with E-state index in [4.69, 9.17) is 23.0 Å². The van der Waals surface area contributed by atoms with E-state index in [0.29, 0.717) is 24.2 Å². The topological polar surface area (TPSA) is 86.1 Å². The molecular weight excluding hydrogens is 749 g/mol. The molecule has 0 bridgehead atoms. The Bertz CT molecular complexity index is 1100. The van der Waals surface area contributed by atoms with Crippen molar-refractivity contribution >= 4 is 29.8 Å². The van der Waals surface area contributed by atoms with Gasteiger partial charge in [-0.3, -0.25) is 4.79 Å². The number of carbonyl (C=O) groups excluding carboxylic acids is 1. The number of ether oxygens (including phenoxy) is 1. The van der Waals surface area contributed by atoms with Crippen LogP contribution in [0.2, 0.25) is 35.3 Å². The van der Waals surface area contributed by atoms with Gasteiger partial charge < -0.3 is 40.6 Å².